The van der Waals surface area contributed by atoms with Crippen LogP contribution in [0.2, 0.25) is 0 Å². The summed E-state index contributed by atoms with van der Waals surface area (Å²) in [5.41, 5.74) is 2.35. The molecule has 1 amide bonds. The first kappa shape index (κ1) is 14.9. The maximum absolute atomic E-state index is 12.6. The molecule has 124 valence electrons. The summed E-state index contributed by atoms with van der Waals surface area (Å²) in [7, 11) is 0. The summed E-state index contributed by atoms with van der Waals surface area (Å²) in [6.07, 6.45) is 9.45. The zero-order valence-electron chi connectivity index (χ0n) is 13.7. The van der Waals surface area contributed by atoms with E-state index in [9.17, 15) is 4.79 Å². The second kappa shape index (κ2) is 6.07. The molecule has 24 heavy (non-hydrogen) atoms. The van der Waals surface area contributed by atoms with Crippen LogP contribution in [0.3, 0.4) is 0 Å². The van der Waals surface area contributed by atoms with Crippen molar-refractivity contribution in [3.05, 3.63) is 48.2 Å². The third kappa shape index (κ3) is 2.89. The highest BCUT2D eigenvalue weighted by Gasteiger charge is 2.25. The molecule has 1 saturated heterocycles. The van der Waals surface area contributed by atoms with Crippen LogP contribution in [0, 0.1) is 12.8 Å². The van der Waals surface area contributed by atoms with E-state index in [4.69, 9.17) is 0 Å². The highest BCUT2D eigenvalue weighted by atomic mass is 16.2. The summed E-state index contributed by atoms with van der Waals surface area (Å²) in [4.78, 5) is 18.7. The maximum Gasteiger partial charge on any atom is 0.274 e. The molecular weight excluding hydrogens is 304 g/mol. The largest absolute Gasteiger partial charge is 0.337 e. The summed E-state index contributed by atoms with van der Waals surface area (Å²) in [6, 6.07) is 3.55. The minimum atomic E-state index is -0.00566. The molecule has 0 aromatic carbocycles. The van der Waals surface area contributed by atoms with Gasteiger partial charge in [0.15, 0.2) is 11.3 Å². The van der Waals surface area contributed by atoms with Gasteiger partial charge in [0.2, 0.25) is 0 Å². The summed E-state index contributed by atoms with van der Waals surface area (Å²) in [6.45, 7) is 4.51. The molecule has 0 aliphatic carbocycles. The van der Waals surface area contributed by atoms with Crippen molar-refractivity contribution in [3.63, 3.8) is 0 Å². The average molecular weight is 324 g/mol. The van der Waals surface area contributed by atoms with Gasteiger partial charge < -0.3 is 4.90 Å². The van der Waals surface area contributed by atoms with Crippen molar-refractivity contribution in [2.24, 2.45) is 5.92 Å². The first-order valence-corrected chi connectivity index (χ1v) is 8.28. The molecule has 0 N–H and O–H groups in total. The second-order valence-corrected chi connectivity index (χ2v) is 6.43. The number of carbonyl (C=O) groups excluding carboxylic acids is 1. The van der Waals surface area contributed by atoms with E-state index >= 15 is 0 Å². The number of nitrogens with zero attached hydrogens (tertiary/aromatic N) is 6. The van der Waals surface area contributed by atoms with E-state index in [1.165, 1.54) is 5.56 Å². The van der Waals surface area contributed by atoms with E-state index < -0.39 is 0 Å². The van der Waals surface area contributed by atoms with Crippen molar-refractivity contribution >= 4 is 11.6 Å². The SMILES string of the molecule is Cc1cnn(CC2CCN(C(=O)c3cc4ncccn4n3)CC2)c1. The number of hydrogen-bond donors (Lipinski definition) is 0. The molecule has 3 aromatic heterocycles. The quantitative estimate of drug-likeness (QED) is 0.736. The molecule has 0 atom stereocenters. The fraction of sp³-hybridized carbons (Fsp3) is 0.412. The van der Waals surface area contributed by atoms with Gasteiger partial charge in [-0.15, -0.1) is 0 Å². The Morgan fingerprint density at radius 1 is 1.33 bits per heavy atom. The molecule has 4 rings (SSSR count). The van der Waals surface area contributed by atoms with E-state index in [1.54, 1.807) is 29.0 Å². The van der Waals surface area contributed by atoms with Crippen molar-refractivity contribution in [1.82, 2.24) is 29.3 Å². The van der Waals surface area contributed by atoms with Crippen LogP contribution in [-0.2, 0) is 6.54 Å². The lowest BCUT2D eigenvalue weighted by Crippen LogP contribution is -2.39. The van der Waals surface area contributed by atoms with Crippen molar-refractivity contribution in [2.75, 3.05) is 13.1 Å². The monoisotopic (exact) mass is 324 g/mol. The first-order valence-electron chi connectivity index (χ1n) is 8.28. The molecule has 0 bridgehead atoms. The topological polar surface area (TPSA) is 68.3 Å². The van der Waals surface area contributed by atoms with Gasteiger partial charge in [-0.2, -0.15) is 10.2 Å². The van der Waals surface area contributed by atoms with Crippen LogP contribution in [0.15, 0.2) is 36.9 Å². The van der Waals surface area contributed by atoms with E-state index in [-0.39, 0.29) is 5.91 Å². The molecular formula is C17H20N6O. The number of aryl methyl sites for hydroxylation is 1. The smallest absolute Gasteiger partial charge is 0.274 e. The molecule has 0 unspecified atom stereocenters. The summed E-state index contributed by atoms with van der Waals surface area (Å²) in [5, 5.41) is 8.68. The normalized spacial score (nSPS) is 16.0. The van der Waals surface area contributed by atoms with Crippen LogP contribution in [0.5, 0.6) is 0 Å². The Bertz CT molecular complexity index is 826. The average Bonchev–Trinajstić information content (AvgIpc) is 3.21. The summed E-state index contributed by atoms with van der Waals surface area (Å²) >= 11 is 0. The molecule has 0 spiro atoms. The molecule has 7 heteroatoms. The highest BCUT2D eigenvalue weighted by molar-refractivity contribution is 5.93. The molecule has 1 fully saturated rings. The van der Waals surface area contributed by atoms with Gasteiger partial charge in [-0.05, 0) is 37.3 Å². The fourth-order valence-corrected chi connectivity index (χ4v) is 3.25. The zero-order valence-corrected chi connectivity index (χ0v) is 13.7. The Balaban J connectivity index is 1.39. The maximum atomic E-state index is 12.6. The molecule has 4 heterocycles. The zero-order chi connectivity index (χ0) is 16.5. The van der Waals surface area contributed by atoms with Crippen molar-refractivity contribution in [2.45, 2.75) is 26.3 Å². The lowest BCUT2D eigenvalue weighted by atomic mass is 9.96. The van der Waals surface area contributed by atoms with E-state index in [0.717, 1.165) is 32.5 Å². The predicted octanol–water partition coefficient (Wildman–Crippen LogP) is 1.79. The number of amides is 1. The van der Waals surface area contributed by atoms with Gasteiger partial charge in [-0.3, -0.25) is 9.48 Å². The minimum absolute atomic E-state index is 0.00566. The number of likely N-dealkylation sites (tertiary alicyclic amines) is 1. The summed E-state index contributed by atoms with van der Waals surface area (Å²) in [5.74, 6) is 0.560. The van der Waals surface area contributed by atoms with Gasteiger partial charge >= 0.3 is 0 Å². The van der Waals surface area contributed by atoms with Gasteiger partial charge in [0, 0.05) is 44.3 Å². The van der Waals surface area contributed by atoms with Crippen LogP contribution >= 0.6 is 0 Å². The molecule has 0 saturated carbocycles. The summed E-state index contributed by atoms with van der Waals surface area (Å²) < 4.78 is 3.64. The standard InChI is InChI=1S/C17H20N6O/c1-13-10-19-22(11-13)12-14-3-7-21(8-4-14)17(24)15-9-16-18-5-2-6-23(16)20-15/h2,5-6,9-11,14H,3-4,7-8,12H2,1H3. The third-order valence-electron chi connectivity index (χ3n) is 4.56. The Kier molecular flexibility index (Phi) is 3.76. The predicted molar refractivity (Wildman–Crippen MR) is 88.6 cm³/mol. The Labute approximate surface area is 139 Å². The van der Waals surface area contributed by atoms with Crippen LogP contribution in [0.1, 0.15) is 28.9 Å². The molecule has 3 aromatic rings. The van der Waals surface area contributed by atoms with Crippen LogP contribution in [0.4, 0.5) is 0 Å². The Hall–Kier alpha value is -2.70. The van der Waals surface area contributed by atoms with E-state index in [1.807, 2.05) is 15.8 Å². The van der Waals surface area contributed by atoms with Crippen LogP contribution in [-0.4, -0.2) is 48.3 Å². The Morgan fingerprint density at radius 3 is 2.88 bits per heavy atom. The Morgan fingerprint density at radius 2 is 2.17 bits per heavy atom. The minimum Gasteiger partial charge on any atom is -0.337 e. The van der Waals surface area contributed by atoms with Crippen LogP contribution < -0.4 is 0 Å². The number of aromatic nitrogens is 5. The highest BCUT2D eigenvalue weighted by Crippen LogP contribution is 2.20. The molecule has 7 nitrogen and oxygen atoms in total. The number of rotatable bonds is 3. The van der Waals surface area contributed by atoms with Crippen molar-refractivity contribution in [1.29, 1.82) is 0 Å². The van der Waals surface area contributed by atoms with Crippen LogP contribution in [0.25, 0.3) is 5.65 Å². The van der Waals surface area contributed by atoms with Gasteiger partial charge in [-0.25, -0.2) is 9.50 Å². The lowest BCUT2D eigenvalue weighted by Gasteiger charge is -2.31. The molecule has 1 aliphatic rings. The van der Waals surface area contributed by atoms with E-state index in [0.29, 0.717) is 17.3 Å². The fourth-order valence-electron chi connectivity index (χ4n) is 3.25. The van der Waals surface area contributed by atoms with Gasteiger partial charge in [0.1, 0.15) is 0 Å². The molecule has 0 radical (unpaired) electrons. The number of piperidine rings is 1. The van der Waals surface area contributed by atoms with E-state index in [2.05, 4.69) is 28.3 Å². The first-order chi connectivity index (χ1) is 11.7. The van der Waals surface area contributed by atoms with Gasteiger partial charge in [-0.1, -0.05) is 0 Å². The molecule has 1 aliphatic heterocycles. The van der Waals surface area contributed by atoms with Gasteiger partial charge in [0.05, 0.1) is 6.20 Å². The van der Waals surface area contributed by atoms with Gasteiger partial charge in [0.25, 0.3) is 5.91 Å². The third-order valence-corrected chi connectivity index (χ3v) is 4.56. The number of hydrogen-bond acceptors (Lipinski definition) is 4. The van der Waals surface area contributed by atoms with Crippen molar-refractivity contribution < 1.29 is 4.79 Å². The van der Waals surface area contributed by atoms with Crippen molar-refractivity contribution in [3.8, 4) is 0 Å². The second-order valence-electron chi connectivity index (χ2n) is 6.43. The number of carbonyl (C=O) groups is 1. The number of fused-ring (bicyclic) bond motifs is 1. The lowest BCUT2D eigenvalue weighted by molar-refractivity contribution is 0.0675.